The lowest BCUT2D eigenvalue weighted by molar-refractivity contribution is -0.519. The van der Waals surface area contributed by atoms with Crippen LogP contribution in [0.25, 0.3) is 0 Å². The van der Waals surface area contributed by atoms with Crippen LogP contribution in [0, 0.1) is 0 Å². The first-order valence-corrected chi connectivity index (χ1v) is 4.69. The Morgan fingerprint density at radius 3 is 3.17 bits per heavy atom. The number of nitrogens with zero attached hydrogens (tertiary/aromatic N) is 1. The van der Waals surface area contributed by atoms with E-state index in [9.17, 15) is 0 Å². The molecule has 0 spiro atoms. The molecule has 1 atom stereocenters. The van der Waals surface area contributed by atoms with E-state index in [0.29, 0.717) is 0 Å². The fraction of sp³-hybridized carbons (Fsp3) is 0.889. The molecule has 3 nitrogen and oxygen atoms in total. The molecule has 0 aliphatic carbocycles. The molecule has 2 heterocycles. The molecular weight excluding hydrogens is 154 g/mol. The molecule has 1 unspecified atom stereocenters. The highest BCUT2D eigenvalue weighted by Gasteiger charge is 2.33. The van der Waals surface area contributed by atoms with Crippen LogP contribution in [0.5, 0.6) is 0 Å². The van der Waals surface area contributed by atoms with Gasteiger partial charge in [0.2, 0.25) is 0 Å². The highest BCUT2D eigenvalue weighted by Crippen LogP contribution is 2.14. The zero-order valence-corrected chi connectivity index (χ0v) is 7.58. The lowest BCUT2D eigenvalue weighted by atomic mass is 10.2. The van der Waals surface area contributed by atoms with Gasteiger partial charge in [0.1, 0.15) is 6.54 Å². The van der Waals surface area contributed by atoms with Crippen LogP contribution < -0.4 is 0 Å². The molecular formula is C9H16NO2+. The summed E-state index contributed by atoms with van der Waals surface area (Å²) in [6.07, 6.45) is 3.85. The van der Waals surface area contributed by atoms with Gasteiger partial charge in [-0.2, -0.15) is 4.58 Å². The Labute approximate surface area is 73.0 Å². The molecule has 0 aromatic carbocycles. The van der Waals surface area contributed by atoms with Crippen molar-refractivity contribution in [2.75, 3.05) is 26.8 Å². The van der Waals surface area contributed by atoms with E-state index < -0.39 is 0 Å². The first-order valence-electron chi connectivity index (χ1n) is 4.69. The van der Waals surface area contributed by atoms with Crippen molar-refractivity contribution in [2.45, 2.75) is 25.4 Å². The molecule has 2 aliphatic rings. The average molecular weight is 170 g/mol. The number of hydrogen-bond donors (Lipinski definition) is 0. The maximum atomic E-state index is 5.56. The molecule has 0 amide bonds. The molecule has 0 fully saturated rings. The number of hydrogen-bond acceptors (Lipinski definition) is 2. The van der Waals surface area contributed by atoms with Gasteiger partial charge in [-0.3, -0.25) is 0 Å². The lowest BCUT2D eigenvalue weighted by Gasteiger charge is -2.08. The standard InChI is InChI=1S/C9H16NO2/c1-11-8-4-2-3-5-10-6-7-12-9(8)10/h8H,2-7H2,1H3/q+1. The van der Waals surface area contributed by atoms with Crippen LogP contribution in [0.4, 0.5) is 0 Å². The van der Waals surface area contributed by atoms with Crippen LogP contribution in [0.3, 0.4) is 0 Å². The van der Waals surface area contributed by atoms with E-state index in [1.165, 1.54) is 12.8 Å². The number of rotatable bonds is 1. The molecule has 2 aliphatic heterocycles. The fourth-order valence-electron chi connectivity index (χ4n) is 1.96. The predicted octanol–water partition coefficient (Wildman–Crippen LogP) is 0.627. The smallest absolute Gasteiger partial charge is 0.366 e. The van der Waals surface area contributed by atoms with E-state index in [1.807, 2.05) is 0 Å². The Morgan fingerprint density at radius 1 is 1.42 bits per heavy atom. The maximum Gasteiger partial charge on any atom is 0.366 e. The molecule has 2 rings (SSSR count). The summed E-state index contributed by atoms with van der Waals surface area (Å²) >= 11 is 0. The van der Waals surface area contributed by atoms with Crippen molar-refractivity contribution in [3.63, 3.8) is 0 Å². The lowest BCUT2D eigenvalue weighted by Crippen LogP contribution is -2.28. The summed E-state index contributed by atoms with van der Waals surface area (Å²) in [6.45, 7) is 3.04. The Balaban J connectivity index is 2.16. The molecule has 3 heteroatoms. The highest BCUT2D eigenvalue weighted by molar-refractivity contribution is 5.76. The van der Waals surface area contributed by atoms with Crippen molar-refractivity contribution < 1.29 is 14.0 Å². The zero-order valence-electron chi connectivity index (χ0n) is 7.58. The number of methoxy groups -OCH3 is 1. The summed E-state index contributed by atoms with van der Waals surface area (Å²) < 4.78 is 13.3. The van der Waals surface area contributed by atoms with E-state index >= 15 is 0 Å². The third-order valence-electron chi connectivity index (χ3n) is 2.63. The van der Waals surface area contributed by atoms with Gasteiger partial charge >= 0.3 is 5.90 Å². The second-order valence-corrected chi connectivity index (χ2v) is 3.39. The van der Waals surface area contributed by atoms with Gasteiger partial charge in [-0.05, 0) is 12.8 Å². The van der Waals surface area contributed by atoms with Crippen LogP contribution >= 0.6 is 0 Å². The van der Waals surface area contributed by atoms with Gasteiger partial charge < -0.3 is 9.47 Å². The fourth-order valence-corrected chi connectivity index (χ4v) is 1.96. The van der Waals surface area contributed by atoms with Gasteiger partial charge in [-0.25, -0.2) is 0 Å². The van der Waals surface area contributed by atoms with E-state index in [1.54, 1.807) is 7.11 Å². The molecule has 0 saturated heterocycles. The largest absolute Gasteiger partial charge is 0.439 e. The Morgan fingerprint density at radius 2 is 2.33 bits per heavy atom. The molecule has 0 saturated carbocycles. The van der Waals surface area contributed by atoms with Crippen molar-refractivity contribution in [1.29, 1.82) is 0 Å². The number of ether oxygens (including phenoxy) is 2. The van der Waals surface area contributed by atoms with Gasteiger partial charge in [0, 0.05) is 13.5 Å². The van der Waals surface area contributed by atoms with Crippen LogP contribution in [0.1, 0.15) is 19.3 Å². The van der Waals surface area contributed by atoms with Crippen LogP contribution in [0.15, 0.2) is 0 Å². The Bertz CT molecular complexity index is 201. The SMILES string of the molecule is COC1CCCC[N+]2=C1OCC2. The summed E-state index contributed by atoms with van der Waals surface area (Å²) in [5, 5.41) is 0. The Hall–Kier alpha value is -0.570. The first-order chi connectivity index (χ1) is 5.92. The van der Waals surface area contributed by atoms with Crippen LogP contribution in [0.2, 0.25) is 0 Å². The van der Waals surface area contributed by atoms with Crippen molar-refractivity contribution in [1.82, 2.24) is 0 Å². The topological polar surface area (TPSA) is 21.5 Å². The van der Waals surface area contributed by atoms with Crippen LogP contribution in [-0.2, 0) is 9.47 Å². The summed E-state index contributed by atoms with van der Waals surface area (Å²) in [5.41, 5.74) is 0. The molecule has 0 radical (unpaired) electrons. The van der Waals surface area contributed by atoms with Crippen molar-refractivity contribution in [3.8, 4) is 0 Å². The van der Waals surface area contributed by atoms with Gasteiger partial charge in [-0.1, -0.05) is 0 Å². The molecule has 0 N–H and O–H groups in total. The van der Waals surface area contributed by atoms with Crippen molar-refractivity contribution >= 4 is 5.90 Å². The summed E-state index contributed by atoms with van der Waals surface area (Å²) in [7, 11) is 1.77. The van der Waals surface area contributed by atoms with Gasteiger partial charge in [0.05, 0.1) is 0 Å². The van der Waals surface area contributed by atoms with Crippen molar-refractivity contribution in [3.05, 3.63) is 0 Å². The second kappa shape index (κ2) is 3.44. The molecule has 0 bridgehead atoms. The van der Waals surface area contributed by atoms with Crippen LogP contribution in [-0.4, -0.2) is 43.4 Å². The van der Waals surface area contributed by atoms with E-state index in [4.69, 9.17) is 9.47 Å². The summed E-state index contributed by atoms with van der Waals surface area (Å²) in [5.74, 6) is 1.08. The van der Waals surface area contributed by atoms with E-state index in [0.717, 1.165) is 32.0 Å². The van der Waals surface area contributed by atoms with Crippen molar-refractivity contribution in [2.24, 2.45) is 0 Å². The average Bonchev–Trinajstić information content (AvgIpc) is 2.46. The predicted molar refractivity (Wildman–Crippen MR) is 45.6 cm³/mol. The minimum atomic E-state index is 0.218. The molecule has 12 heavy (non-hydrogen) atoms. The third kappa shape index (κ3) is 1.33. The van der Waals surface area contributed by atoms with Gasteiger partial charge in [-0.15, -0.1) is 0 Å². The Kier molecular flexibility index (Phi) is 2.30. The van der Waals surface area contributed by atoms with E-state index in [-0.39, 0.29) is 6.10 Å². The molecule has 68 valence electrons. The van der Waals surface area contributed by atoms with Gasteiger partial charge in [0.25, 0.3) is 0 Å². The first kappa shape index (κ1) is 8.05. The minimum Gasteiger partial charge on any atom is -0.439 e. The van der Waals surface area contributed by atoms with Gasteiger partial charge in [0.15, 0.2) is 19.3 Å². The summed E-state index contributed by atoms with van der Waals surface area (Å²) in [6, 6.07) is 0. The molecule has 0 aromatic rings. The second-order valence-electron chi connectivity index (χ2n) is 3.39. The highest BCUT2D eigenvalue weighted by atomic mass is 16.5. The molecule has 0 aromatic heterocycles. The normalized spacial score (nSPS) is 29.6. The zero-order chi connectivity index (χ0) is 8.39. The third-order valence-corrected chi connectivity index (χ3v) is 2.63. The monoisotopic (exact) mass is 170 g/mol. The minimum absolute atomic E-state index is 0.218. The quantitative estimate of drug-likeness (QED) is 0.538. The summed E-state index contributed by atoms with van der Waals surface area (Å²) in [4.78, 5) is 0. The maximum absolute atomic E-state index is 5.56. The van der Waals surface area contributed by atoms with E-state index in [2.05, 4.69) is 4.58 Å².